The molecule has 2 aromatic carbocycles. The zero-order valence-corrected chi connectivity index (χ0v) is 13.8. The largest absolute Gasteiger partial charge is 1.00 e. The Hall–Kier alpha value is -2.06. The van der Waals surface area contributed by atoms with Crippen LogP contribution in [0.1, 0.15) is 25.0 Å². The van der Waals surface area contributed by atoms with Gasteiger partial charge in [-0.25, -0.2) is 0 Å². The van der Waals surface area contributed by atoms with Crippen LogP contribution in [0.15, 0.2) is 54.6 Å². The molecule has 1 aliphatic rings. The van der Waals surface area contributed by atoms with E-state index in [4.69, 9.17) is 0 Å². The molecule has 1 aliphatic heterocycles. The van der Waals surface area contributed by atoms with Gasteiger partial charge in [-0.05, 0) is 26.0 Å². The minimum atomic E-state index is -0.0355. The molecule has 0 aliphatic carbocycles. The molecule has 0 fully saturated rings. The smallest absolute Gasteiger partial charge is 0.209 e. The molecule has 0 unspecified atom stereocenters. The fourth-order valence-corrected chi connectivity index (χ4v) is 3.10. The van der Waals surface area contributed by atoms with Gasteiger partial charge in [-0.15, -0.1) is 0 Å². The molecule has 3 rings (SSSR count). The lowest BCUT2D eigenvalue weighted by atomic mass is 9.81. The summed E-state index contributed by atoms with van der Waals surface area (Å²) < 4.78 is 2.23. The van der Waals surface area contributed by atoms with E-state index in [-0.39, 0.29) is 17.8 Å². The van der Waals surface area contributed by atoms with Crippen LogP contribution in [0.5, 0.6) is 5.75 Å². The van der Waals surface area contributed by atoms with Crippen molar-refractivity contribution in [2.75, 3.05) is 7.05 Å². The summed E-state index contributed by atoms with van der Waals surface area (Å²) in [7, 11) is 2.10. The molecule has 0 radical (unpaired) electrons. The average Bonchev–Trinajstić information content (AvgIpc) is 2.67. The van der Waals surface area contributed by atoms with Crippen LogP contribution in [-0.2, 0) is 5.41 Å². The number of nitrogens with zero attached hydrogens (tertiary/aromatic N) is 1. The minimum Gasteiger partial charge on any atom is -1.00 e. The third kappa shape index (κ3) is 2.55. The number of benzene rings is 2. The first kappa shape index (κ1) is 16.3. The Morgan fingerprint density at radius 3 is 2.27 bits per heavy atom. The molecule has 114 valence electrons. The number of para-hydroxylation sites is 2. The van der Waals surface area contributed by atoms with Gasteiger partial charge in [0.05, 0.1) is 5.41 Å². The first-order valence-electron chi connectivity index (χ1n) is 7.18. The van der Waals surface area contributed by atoms with E-state index >= 15 is 0 Å². The number of rotatable bonds is 2. The minimum absolute atomic E-state index is 0. The van der Waals surface area contributed by atoms with Crippen LogP contribution >= 0.6 is 0 Å². The number of hydrogen-bond acceptors (Lipinski definition) is 1. The predicted octanol–water partition coefficient (Wildman–Crippen LogP) is 1.12. The molecule has 0 aromatic heterocycles. The van der Waals surface area contributed by atoms with Crippen LogP contribution in [0, 0.1) is 0 Å². The molecular formula is C19H20ClNO. The Morgan fingerprint density at radius 1 is 0.955 bits per heavy atom. The third-order valence-electron chi connectivity index (χ3n) is 4.30. The van der Waals surface area contributed by atoms with Crippen molar-refractivity contribution in [2.45, 2.75) is 19.3 Å². The zero-order valence-electron chi connectivity index (χ0n) is 13.0. The molecule has 0 saturated heterocycles. The Labute approximate surface area is 137 Å². The summed E-state index contributed by atoms with van der Waals surface area (Å²) in [6.07, 6.45) is 4.09. The fraction of sp³-hybridized carbons (Fsp3) is 0.211. The second-order valence-electron chi connectivity index (χ2n) is 5.98. The van der Waals surface area contributed by atoms with Gasteiger partial charge in [-0.1, -0.05) is 36.4 Å². The number of phenols is 1. The van der Waals surface area contributed by atoms with E-state index in [9.17, 15) is 5.11 Å². The van der Waals surface area contributed by atoms with Crippen molar-refractivity contribution in [1.29, 1.82) is 0 Å². The first-order chi connectivity index (χ1) is 10.0. The molecule has 0 bridgehead atoms. The van der Waals surface area contributed by atoms with Crippen LogP contribution in [0.2, 0.25) is 0 Å². The summed E-state index contributed by atoms with van der Waals surface area (Å²) in [6.45, 7) is 4.47. The number of fused-ring (bicyclic) bond motifs is 1. The Kier molecular flexibility index (Phi) is 4.43. The van der Waals surface area contributed by atoms with Crippen LogP contribution in [0.4, 0.5) is 5.69 Å². The summed E-state index contributed by atoms with van der Waals surface area (Å²) in [5.74, 6) is 0.310. The molecule has 0 amide bonds. The van der Waals surface area contributed by atoms with Gasteiger partial charge in [0.15, 0.2) is 5.71 Å². The Morgan fingerprint density at radius 2 is 1.59 bits per heavy atom. The molecule has 0 atom stereocenters. The second kappa shape index (κ2) is 5.98. The van der Waals surface area contributed by atoms with E-state index in [2.05, 4.69) is 55.8 Å². The number of aromatic hydroxyl groups is 1. The van der Waals surface area contributed by atoms with Gasteiger partial charge < -0.3 is 17.5 Å². The number of phenolic OH excluding ortho intramolecular Hbond substituents is 1. The van der Waals surface area contributed by atoms with Gasteiger partial charge in [0.25, 0.3) is 0 Å². The predicted molar refractivity (Wildman–Crippen MR) is 87.5 cm³/mol. The molecule has 0 spiro atoms. The molecule has 0 saturated carbocycles. The quantitative estimate of drug-likeness (QED) is 0.825. The fourth-order valence-electron chi connectivity index (χ4n) is 3.10. The Bertz CT molecular complexity index is 760. The molecule has 22 heavy (non-hydrogen) atoms. The van der Waals surface area contributed by atoms with Gasteiger partial charge in [0.2, 0.25) is 5.69 Å². The van der Waals surface area contributed by atoms with Crippen LogP contribution < -0.4 is 12.4 Å². The molecule has 3 heteroatoms. The third-order valence-corrected chi connectivity index (χ3v) is 4.30. The molecule has 2 nitrogen and oxygen atoms in total. The van der Waals surface area contributed by atoms with Crippen molar-refractivity contribution in [3.8, 4) is 5.75 Å². The number of halogens is 1. The highest BCUT2D eigenvalue weighted by atomic mass is 35.5. The Balaban J connectivity index is 0.00000176. The summed E-state index contributed by atoms with van der Waals surface area (Å²) >= 11 is 0. The first-order valence-corrected chi connectivity index (χ1v) is 7.18. The lowest BCUT2D eigenvalue weighted by Crippen LogP contribution is -3.00. The van der Waals surface area contributed by atoms with E-state index < -0.39 is 0 Å². The highest BCUT2D eigenvalue weighted by molar-refractivity contribution is 6.05. The highest BCUT2D eigenvalue weighted by Crippen LogP contribution is 2.39. The summed E-state index contributed by atoms with van der Waals surface area (Å²) in [6, 6.07) is 15.9. The standard InChI is InChI=1S/C19H19NO.ClH/c1-19(2)15-9-5-6-10-16(15)20(3)18(19)13-12-14-8-4-7-11-17(14)21;/h4-13H,1-3H3;1H. The van der Waals surface area contributed by atoms with Crippen molar-refractivity contribution in [3.05, 3.63) is 65.7 Å². The van der Waals surface area contributed by atoms with E-state index in [0.717, 1.165) is 5.56 Å². The molecule has 2 aromatic rings. The van der Waals surface area contributed by atoms with E-state index in [1.54, 1.807) is 6.07 Å². The van der Waals surface area contributed by atoms with Gasteiger partial charge in [0.1, 0.15) is 12.8 Å². The maximum absolute atomic E-state index is 9.88. The second-order valence-corrected chi connectivity index (χ2v) is 5.98. The molecule has 1 N–H and O–H groups in total. The average molecular weight is 314 g/mol. The van der Waals surface area contributed by atoms with Crippen LogP contribution in [-0.4, -0.2) is 22.4 Å². The monoisotopic (exact) mass is 313 g/mol. The lowest BCUT2D eigenvalue weighted by Gasteiger charge is -2.15. The van der Waals surface area contributed by atoms with Crippen LogP contribution in [0.25, 0.3) is 6.08 Å². The summed E-state index contributed by atoms with van der Waals surface area (Å²) in [4.78, 5) is 0. The van der Waals surface area contributed by atoms with Crippen molar-refractivity contribution < 1.29 is 22.1 Å². The summed E-state index contributed by atoms with van der Waals surface area (Å²) in [5, 5.41) is 9.88. The number of hydrogen-bond donors (Lipinski definition) is 1. The van der Waals surface area contributed by atoms with Gasteiger partial charge in [-0.3, -0.25) is 0 Å². The molecule has 1 heterocycles. The van der Waals surface area contributed by atoms with E-state index in [0.29, 0.717) is 5.75 Å². The normalized spacial score (nSPS) is 15.8. The zero-order chi connectivity index (χ0) is 15.0. The van der Waals surface area contributed by atoms with Crippen molar-refractivity contribution in [2.24, 2.45) is 0 Å². The lowest BCUT2D eigenvalue weighted by molar-refractivity contribution is -0.401. The van der Waals surface area contributed by atoms with Gasteiger partial charge >= 0.3 is 0 Å². The highest BCUT2D eigenvalue weighted by Gasteiger charge is 2.42. The van der Waals surface area contributed by atoms with Crippen molar-refractivity contribution in [3.63, 3.8) is 0 Å². The topological polar surface area (TPSA) is 23.2 Å². The van der Waals surface area contributed by atoms with E-state index in [1.165, 1.54) is 17.0 Å². The van der Waals surface area contributed by atoms with Gasteiger partial charge in [-0.2, -0.15) is 4.58 Å². The SMILES string of the molecule is C[N+]1=C(/C=C/c2ccccc2O)C(C)(C)c2ccccc21.[Cl-]. The van der Waals surface area contributed by atoms with E-state index in [1.807, 2.05) is 24.3 Å². The summed E-state index contributed by atoms with van der Waals surface area (Å²) in [5.41, 5.74) is 4.62. The van der Waals surface area contributed by atoms with Crippen LogP contribution in [0.3, 0.4) is 0 Å². The van der Waals surface area contributed by atoms with Crippen molar-refractivity contribution >= 4 is 17.5 Å². The molecular weight excluding hydrogens is 294 g/mol. The maximum atomic E-state index is 9.88. The number of allylic oxidation sites excluding steroid dienone is 1. The van der Waals surface area contributed by atoms with Gasteiger partial charge in [0, 0.05) is 23.3 Å². The maximum Gasteiger partial charge on any atom is 0.209 e. The van der Waals surface area contributed by atoms with Crippen molar-refractivity contribution in [1.82, 2.24) is 0 Å².